The first-order valence-corrected chi connectivity index (χ1v) is 11.1. The van der Waals surface area contributed by atoms with Crippen LogP contribution in [0.3, 0.4) is 0 Å². The molecule has 1 aromatic carbocycles. The molecule has 0 amide bonds. The van der Waals surface area contributed by atoms with Gasteiger partial charge in [-0.15, -0.1) is 0 Å². The molecule has 2 saturated heterocycles. The van der Waals surface area contributed by atoms with Crippen molar-refractivity contribution in [3.63, 3.8) is 0 Å². The summed E-state index contributed by atoms with van der Waals surface area (Å²) in [5.74, 6) is 0. The van der Waals surface area contributed by atoms with Gasteiger partial charge in [0.1, 0.15) is 0 Å². The van der Waals surface area contributed by atoms with Gasteiger partial charge in [-0.1, -0.05) is 43.2 Å². The molecule has 26 heavy (non-hydrogen) atoms. The van der Waals surface area contributed by atoms with Crippen LogP contribution in [0.4, 0.5) is 0 Å². The Balaban J connectivity index is 2.01. The van der Waals surface area contributed by atoms with Gasteiger partial charge in [-0.3, -0.25) is 4.90 Å². The highest BCUT2D eigenvalue weighted by molar-refractivity contribution is 7.86. The Morgan fingerprint density at radius 2 is 1.85 bits per heavy atom. The molecule has 2 aliphatic rings. The number of likely N-dealkylation sites (tertiary alicyclic amines) is 1. The molecule has 0 bridgehead atoms. The van der Waals surface area contributed by atoms with Gasteiger partial charge in [0.05, 0.1) is 0 Å². The van der Waals surface area contributed by atoms with Crippen molar-refractivity contribution < 1.29 is 8.42 Å². The van der Waals surface area contributed by atoms with Crippen molar-refractivity contribution in [1.82, 2.24) is 13.5 Å². The van der Waals surface area contributed by atoms with Crippen molar-refractivity contribution in [3.05, 3.63) is 35.9 Å². The summed E-state index contributed by atoms with van der Waals surface area (Å²) in [5.41, 5.74) is 1.10. The summed E-state index contributed by atoms with van der Waals surface area (Å²) < 4.78 is 29.8. The van der Waals surface area contributed by atoms with Crippen LogP contribution in [0.2, 0.25) is 0 Å². The zero-order valence-corrected chi connectivity index (χ0v) is 17.4. The van der Waals surface area contributed by atoms with Gasteiger partial charge in [0.2, 0.25) is 0 Å². The number of benzene rings is 1. The molecule has 0 aromatic heterocycles. The Hall–Kier alpha value is -0.950. The van der Waals surface area contributed by atoms with Gasteiger partial charge >= 0.3 is 0 Å². The maximum Gasteiger partial charge on any atom is 0.282 e. The van der Waals surface area contributed by atoms with Crippen LogP contribution < -0.4 is 0 Å². The van der Waals surface area contributed by atoms with Gasteiger partial charge in [-0.05, 0) is 51.8 Å². The third kappa shape index (κ3) is 3.57. The molecule has 0 aliphatic carbocycles. The van der Waals surface area contributed by atoms with Crippen molar-refractivity contribution in [2.75, 3.05) is 27.7 Å². The first kappa shape index (κ1) is 19.8. The number of nitrogens with zero attached hydrogens (tertiary/aromatic N) is 3. The van der Waals surface area contributed by atoms with Gasteiger partial charge < -0.3 is 0 Å². The normalized spacial score (nSPS) is 31.6. The molecule has 0 unspecified atom stereocenters. The number of hydrogen-bond acceptors (Lipinski definition) is 3. The average molecular weight is 380 g/mol. The number of fused-ring (bicyclic) bond motifs is 1. The van der Waals surface area contributed by atoms with E-state index in [4.69, 9.17) is 0 Å². The summed E-state index contributed by atoms with van der Waals surface area (Å²) in [6.45, 7) is 3.31. The third-order valence-corrected chi connectivity index (χ3v) is 8.43. The zero-order chi connectivity index (χ0) is 18.9. The molecule has 3 atom stereocenters. The van der Waals surface area contributed by atoms with Gasteiger partial charge in [-0.2, -0.15) is 17.0 Å². The lowest BCUT2D eigenvalue weighted by atomic mass is 9.84. The van der Waals surface area contributed by atoms with Crippen LogP contribution in [-0.2, 0) is 16.6 Å². The molecular formula is C20H33N3O2S. The molecule has 1 aromatic rings. The minimum Gasteiger partial charge on any atom is -0.299 e. The highest BCUT2D eigenvalue weighted by atomic mass is 32.2. The van der Waals surface area contributed by atoms with Crippen LogP contribution >= 0.6 is 0 Å². The summed E-state index contributed by atoms with van der Waals surface area (Å²) in [6, 6.07) is 10.3. The van der Waals surface area contributed by atoms with E-state index < -0.39 is 10.2 Å². The Kier molecular flexibility index (Phi) is 5.78. The Bertz CT molecular complexity index is 707. The van der Waals surface area contributed by atoms with Crippen LogP contribution in [0.15, 0.2) is 30.3 Å². The largest absolute Gasteiger partial charge is 0.299 e. The highest BCUT2D eigenvalue weighted by Gasteiger charge is 2.55. The smallest absolute Gasteiger partial charge is 0.282 e. The van der Waals surface area contributed by atoms with Crippen molar-refractivity contribution in [3.8, 4) is 0 Å². The summed E-state index contributed by atoms with van der Waals surface area (Å²) in [4.78, 5) is 2.42. The Morgan fingerprint density at radius 3 is 2.50 bits per heavy atom. The molecule has 3 rings (SSSR count). The van der Waals surface area contributed by atoms with Crippen molar-refractivity contribution in [1.29, 1.82) is 0 Å². The van der Waals surface area contributed by atoms with Crippen LogP contribution in [0.25, 0.3) is 0 Å². The van der Waals surface area contributed by atoms with E-state index in [1.54, 1.807) is 14.1 Å². The van der Waals surface area contributed by atoms with Crippen LogP contribution in [0.1, 0.15) is 44.6 Å². The molecule has 2 fully saturated rings. The van der Waals surface area contributed by atoms with E-state index >= 15 is 0 Å². The van der Waals surface area contributed by atoms with Crippen molar-refractivity contribution in [2.45, 2.75) is 63.1 Å². The maximum absolute atomic E-state index is 13.3. The second-order valence-corrected chi connectivity index (χ2v) is 10.4. The highest BCUT2D eigenvalue weighted by Crippen LogP contribution is 2.44. The molecule has 0 spiro atoms. The van der Waals surface area contributed by atoms with Gasteiger partial charge in [0.25, 0.3) is 10.2 Å². The predicted octanol–water partition coefficient (Wildman–Crippen LogP) is 2.74. The van der Waals surface area contributed by atoms with E-state index in [2.05, 4.69) is 31.0 Å². The topological polar surface area (TPSA) is 43.9 Å². The quantitative estimate of drug-likeness (QED) is 0.808. The molecule has 0 saturated carbocycles. The molecule has 6 heteroatoms. The molecule has 146 valence electrons. The lowest BCUT2D eigenvalue weighted by Gasteiger charge is -2.43. The van der Waals surface area contributed by atoms with Crippen LogP contribution in [0, 0.1) is 0 Å². The van der Waals surface area contributed by atoms with E-state index in [0.29, 0.717) is 0 Å². The fourth-order valence-corrected chi connectivity index (χ4v) is 6.34. The van der Waals surface area contributed by atoms with Crippen LogP contribution in [-0.4, -0.2) is 67.2 Å². The van der Waals surface area contributed by atoms with E-state index in [9.17, 15) is 8.42 Å². The molecule has 2 heterocycles. The first-order chi connectivity index (χ1) is 12.3. The Morgan fingerprint density at radius 1 is 1.15 bits per heavy atom. The number of likely N-dealkylation sites (N-methyl/N-ethyl adjacent to an activating group) is 1. The minimum atomic E-state index is -3.47. The number of rotatable bonds is 4. The molecular weight excluding hydrogens is 346 g/mol. The monoisotopic (exact) mass is 379 g/mol. The summed E-state index contributed by atoms with van der Waals surface area (Å²) in [7, 11) is 2.00. The average Bonchev–Trinajstić information content (AvgIpc) is 2.87. The van der Waals surface area contributed by atoms with Gasteiger partial charge in [0, 0.05) is 31.7 Å². The SMILES string of the molecule is CN1CCCCC[C@@H]2N(S(=O)(=O)N(C)C)[C@H](Cc3ccccc3)C[C@@]21C. The summed E-state index contributed by atoms with van der Waals surface area (Å²) in [5, 5.41) is 0. The maximum atomic E-state index is 13.3. The standard InChI is InChI=1S/C20H33N3O2S/c1-20-16-18(15-17-11-7-5-8-12-17)23(26(24,25)21(2)3)19(20)13-9-6-10-14-22(20)4/h5,7-8,11-12,18-19H,6,9-10,13-16H2,1-4H3/t18-,19+,20+/m1/s1. The molecule has 0 radical (unpaired) electrons. The fraction of sp³-hybridized carbons (Fsp3) is 0.700. The minimum absolute atomic E-state index is 0.000324. The van der Waals surface area contributed by atoms with Crippen LogP contribution in [0.5, 0.6) is 0 Å². The van der Waals surface area contributed by atoms with E-state index in [-0.39, 0.29) is 17.6 Å². The van der Waals surface area contributed by atoms with Crippen molar-refractivity contribution >= 4 is 10.2 Å². The predicted molar refractivity (Wildman–Crippen MR) is 106 cm³/mol. The van der Waals surface area contributed by atoms with E-state index in [0.717, 1.165) is 32.2 Å². The Labute approximate surface area is 159 Å². The van der Waals surface area contributed by atoms with Crippen molar-refractivity contribution in [2.24, 2.45) is 0 Å². The zero-order valence-electron chi connectivity index (χ0n) is 16.6. The molecule has 5 nitrogen and oxygen atoms in total. The van der Waals surface area contributed by atoms with E-state index in [1.807, 2.05) is 22.5 Å². The summed E-state index contributed by atoms with van der Waals surface area (Å²) >= 11 is 0. The second-order valence-electron chi connectivity index (χ2n) is 8.31. The first-order valence-electron chi connectivity index (χ1n) is 9.73. The third-order valence-electron chi connectivity index (χ3n) is 6.42. The van der Waals surface area contributed by atoms with Gasteiger partial charge in [0.15, 0.2) is 0 Å². The molecule has 0 N–H and O–H groups in total. The lowest BCUT2D eigenvalue weighted by Crippen LogP contribution is -2.56. The summed E-state index contributed by atoms with van der Waals surface area (Å²) in [6.07, 6.45) is 6.08. The van der Waals surface area contributed by atoms with E-state index in [1.165, 1.54) is 22.7 Å². The molecule has 2 aliphatic heterocycles. The fourth-order valence-electron chi connectivity index (χ4n) is 4.78. The number of hydrogen-bond donors (Lipinski definition) is 0. The lowest BCUT2D eigenvalue weighted by molar-refractivity contribution is 0.0864. The second kappa shape index (κ2) is 7.58. The van der Waals surface area contributed by atoms with Gasteiger partial charge in [-0.25, -0.2) is 0 Å².